The number of hydrogen-bond donors (Lipinski definition) is 1. The largest absolute Gasteiger partial charge is 0.497 e. The molecule has 1 aliphatic rings. The summed E-state index contributed by atoms with van der Waals surface area (Å²) >= 11 is 0. The van der Waals surface area contributed by atoms with E-state index in [1.165, 1.54) is 0 Å². The Bertz CT molecular complexity index is 706. The summed E-state index contributed by atoms with van der Waals surface area (Å²) in [4.78, 5) is 14.9. The van der Waals surface area contributed by atoms with Crippen molar-refractivity contribution in [2.45, 2.75) is 13.0 Å². The number of ether oxygens (including phenoxy) is 3. The fourth-order valence-corrected chi connectivity index (χ4v) is 2.88. The number of methoxy groups -OCH3 is 2. The van der Waals surface area contributed by atoms with E-state index in [1.54, 1.807) is 43.5 Å². The lowest BCUT2D eigenvalue weighted by atomic mass is 10.1. The van der Waals surface area contributed by atoms with Crippen molar-refractivity contribution in [3.63, 3.8) is 0 Å². The predicted octanol–water partition coefficient (Wildman–Crippen LogP) is 1.95. The Kier molecular flexibility index (Phi) is 4.71. The molecule has 1 aliphatic heterocycles. The average Bonchev–Trinajstić information content (AvgIpc) is 3.06. The van der Waals surface area contributed by atoms with Crippen molar-refractivity contribution in [1.82, 2.24) is 15.1 Å². The van der Waals surface area contributed by atoms with Crippen LogP contribution in [0.1, 0.15) is 27.7 Å². The van der Waals surface area contributed by atoms with Gasteiger partial charge in [-0.05, 0) is 24.6 Å². The molecule has 0 radical (unpaired) electrons. The Labute approximate surface area is 140 Å². The number of benzene rings is 1. The second kappa shape index (κ2) is 6.92. The molecule has 1 saturated heterocycles. The Balaban J connectivity index is 1.93. The number of nitrogens with zero attached hydrogens (tertiary/aromatic N) is 2. The second-order valence-corrected chi connectivity index (χ2v) is 5.66. The van der Waals surface area contributed by atoms with Gasteiger partial charge in [0.05, 0.1) is 45.4 Å². The molecule has 3 rings (SSSR count). The first-order valence-electron chi connectivity index (χ1n) is 7.75. The molecule has 2 aromatic rings. The van der Waals surface area contributed by atoms with Crippen molar-refractivity contribution < 1.29 is 19.0 Å². The molecule has 0 saturated carbocycles. The molecule has 7 nitrogen and oxygen atoms in total. The zero-order valence-electron chi connectivity index (χ0n) is 14.0. The minimum absolute atomic E-state index is 0.0884. The van der Waals surface area contributed by atoms with Gasteiger partial charge in [-0.2, -0.15) is 5.10 Å². The van der Waals surface area contributed by atoms with E-state index in [0.717, 1.165) is 11.3 Å². The number of carbonyl (C=O) groups excluding carboxylic acids is 1. The molecule has 1 atom stereocenters. The third-order valence-electron chi connectivity index (χ3n) is 4.19. The molecule has 24 heavy (non-hydrogen) atoms. The summed E-state index contributed by atoms with van der Waals surface area (Å²) < 4.78 is 16.1. The van der Waals surface area contributed by atoms with Crippen molar-refractivity contribution in [3.05, 3.63) is 41.2 Å². The minimum Gasteiger partial charge on any atom is -0.497 e. The molecule has 0 aliphatic carbocycles. The first-order chi connectivity index (χ1) is 11.6. The molecule has 1 aromatic heterocycles. The zero-order chi connectivity index (χ0) is 17.1. The van der Waals surface area contributed by atoms with Gasteiger partial charge in [0.15, 0.2) is 0 Å². The topological polar surface area (TPSA) is 76.7 Å². The lowest BCUT2D eigenvalue weighted by molar-refractivity contribution is -0.00410. The smallest absolute Gasteiger partial charge is 0.254 e. The Morgan fingerprint density at radius 3 is 2.58 bits per heavy atom. The van der Waals surface area contributed by atoms with E-state index in [1.807, 2.05) is 6.92 Å². The molecule has 1 fully saturated rings. The Hall–Kier alpha value is -2.54. The van der Waals surface area contributed by atoms with Crippen LogP contribution in [0.25, 0.3) is 0 Å². The summed E-state index contributed by atoms with van der Waals surface area (Å²) in [6.07, 6.45) is 1.75. The molecule has 1 amide bonds. The predicted molar refractivity (Wildman–Crippen MR) is 87.5 cm³/mol. The maximum atomic E-state index is 13.1. The number of nitrogens with one attached hydrogen (secondary N) is 1. The van der Waals surface area contributed by atoms with Crippen LogP contribution in [0.5, 0.6) is 11.5 Å². The Morgan fingerprint density at radius 1 is 1.29 bits per heavy atom. The van der Waals surface area contributed by atoms with Crippen LogP contribution in [0.4, 0.5) is 0 Å². The maximum absolute atomic E-state index is 13.1. The van der Waals surface area contributed by atoms with E-state index >= 15 is 0 Å². The van der Waals surface area contributed by atoms with Gasteiger partial charge < -0.3 is 19.1 Å². The molecular formula is C17H21N3O4. The van der Waals surface area contributed by atoms with E-state index in [4.69, 9.17) is 14.2 Å². The normalized spacial score (nSPS) is 17.6. The fraction of sp³-hybridized carbons (Fsp3) is 0.412. The van der Waals surface area contributed by atoms with Crippen LogP contribution in [0, 0.1) is 6.92 Å². The van der Waals surface area contributed by atoms with Crippen LogP contribution in [0.2, 0.25) is 0 Å². The molecule has 2 heterocycles. The number of aryl methyl sites for hydroxylation is 1. The second-order valence-electron chi connectivity index (χ2n) is 5.66. The van der Waals surface area contributed by atoms with Gasteiger partial charge in [-0.25, -0.2) is 0 Å². The lowest BCUT2D eigenvalue weighted by Gasteiger charge is -2.35. The minimum atomic E-state index is -0.189. The summed E-state index contributed by atoms with van der Waals surface area (Å²) in [5.74, 6) is 1.08. The van der Waals surface area contributed by atoms with Crippen LogP contribution in [-0.4, -0.2) is 55.0 Å². The maximum Gasteiger partial charge on any atom is 0.254 e. The van der Waals surface area contributed by atoms with E-state index in [0.29, 0.717) is 36.8 Å². The molecule has 7 heteroatoms. The quantitative estimate of drug-likeness (QED) is 0.926. The van der Waals surface area contributed by atoms with Gasteiger partial charge >= 0.3 is 0 Å². The van der Waals surface area contributed by atoms with E-state index in [-0.39, 0.29) is 11.9 Å². The first-order valence-corrected chi connectivity index (χ1v) is 7.75. The number of hydrogen-bond acceptors (Lipinski definition) is 5. The van der Waals surface area contributed by atoms with Crippen LogP contribution in [0.3, 0.4) is 0 Å². The summed E-state index contributed by atoms with van der Waals surface area (Å²) in [6, 6.07) is 4.99. The van der Waals surface area contributed by atoms with Crippen LogP contribution >= 0.6 is 0 Å². The fourth-order valence-electron chi connectivity index (χ4n) is 2.88. The summed E-state index contributed by atoms with van der Waals surface area (Å²) in [5.41, 5.74) is 2.43. The molecule has 0 unspecified atom stereocenters. The van der Waals surface area contributed by atoms with Crippen molar-refractivity contribution in [2.75, 3.05) is 34.0 Å². The molecule has 1 N–H and O–H groups in total. The number of H-pyrrole nitrogens is 1. The van der Waals surface area contributed by atoms with Crippen LogP contribution < -0.4 is 9.47 Å². The van der Waals surface area contributed by atoms with Gasteiger partial charge in [0.1, 0.15) is 11.5 Å². The number of morpholine rings is 1. The third kappa shape index (κ3) is 3.07. The summed E-state index contributed by atoms with van der Waals surface area (Å²) in [6.45, 7) is 3.43. The van der Waals surface area contributed by atoms with Gasteiger partial charge in [-0.15, -0.1) is 0 Å². The van der Waals surface area contributed by atoms with Crippen LogP contribution in [0.15, 0.2) is 24.4 Å². The molecule has 1 aromatic carbocycles. The number of aromatic amines is 1. The highest BCUT2D eigenvalue weighted by Crippen LogP contribution is 2.29. The van der Waals surface area contributed by atoms with Crippen molar-refractivity contribution in [1.29, 1.82) is 0 Å². The summed E-state index contributed by atoms with van der Waals surface area (Å²) in [7, 11) is 3.13. The standard InChI is InChI=1S/C17H21N3O4/c1-11-9-18-19-16(11)15-10-24-5-4-20(15)17(21)12-6-13(22-2)8-14(7-12)23-3/h6-9,15H,4-5,10H2,1-3H3,(H,18,19)/t15-/m1/s1. The lowest BCUT2D eigenvalue weighted by Crippen LogP contribution is -2.43. The monoisotopic (exact) mass is 331 g/mol. The summed E-state index contributed by atoms with van der Waals surface area (Å²) in [5, 5.41) is 7.04. The number of rotatable bonds is 4. The number of carbonyl (C=O) groups is 1. The van der Waals surface area contributed by atoms with Crippen LogP contribution in [-0.2, 0) is 4.74 Å². The number of aromatic nitrogens is 2. The average molecular weight is 331 g/mol. The number of amides is 1. The van der Waals surface area contributed by atoms with E-state index in [2.05, 4.69) is 10.2 Å². The highest BCUT2D eigenvalue weighted by molar-refractivity contribution is 5.95. The van der Waals surface area contributed by atoms with E-state index < -0.39 is 0 Å². The molecule has 0 spiro atoms. The Morgan fingerprint density at radius 2 is 2.00 bits per heavy atom. The van der Waals surface area contributed by atoms with Gasteiger partial charge in [-0.1, -0.05) is 0 Å². The third-order valence-corrected chi connectivity index (χ3v) is 4.19. The molecule has 128 valence electrons. The highest BCUT2D eigenvalue weighted by Gasteiger charge is 2.31. The highest BCUT2D eigenvalue weighted by atomic mass is 16.5. The van der Waals surface area contributed by atoms with Gasteiger partial charge in [0.25, 0.3) is 5.91 Å². The van der Waals surface area contributed by atoms with Gasteiger partial charge in [0, 0.05) is 18.2 Å². The van der Waals surface area contributed by atoms with E-state index in [9.17, 15) is 4.79 Å². The SMILES string of the molecule is COc1cc(OC)cc(C(=O)N2CCOC[C@@H]2c2[nH]ncc2C)c1. The molecule has 0 bridgehead atoms. The molecular weight excluding hydrogens is 310 g/mol. The van der Waals surface area contributed by atoms with Gasteiger partial charge in [0.2, 0.25) is 0 Å². The van der Waals surface area contributed by atoms with Crippen molar-refractivity contribution in [2.24, 2.45) is 0 Å². The van der Waals surface area contributed by atoms with Crippen molar-refractivity contribution >= 4 is 5.91 Å². The zero-order valence-corrected chi connectivity index (χ0v) is 14.0. The van der Waals surface area contributed by atoms with Crippen molar-refractivity contribution in [3.8, 4) is 11.5 Å². The first kappa shape index (κ1) is 16.3. The van der Waals surface area contributed by atoms with Gasteiger partial charge in [-0.3, -0.25) is 9.89 Å².